The van der Waals surface area contributed by atoms with Crippen LogP contribution in [0.5, 0.6) is 0 Å². The summed E-state index contributed by atoms with van der Waals surface area (Å²) in [6.45, 7) is 9.28. The summed E-state index contributed by atoms with van der Waals surface area (Å²) in [6.07, 6.45) is 35.6. The zero-order chi connectivity index (χ0) is 24.0. The van der Waals surface area contributed by atoms with E-state index in [-0.39, 0.29) is 0 Å². The molecule has 0 spiro atoms. The third kappa shape index (κ3) is 14.9. The van der Waals surface area contributed by atoms with E-state index < -0.39 is 0 Å². The van der Waals surface area contributed by atoms with Crippen LogP contribution in [0.15, 0.2) is 12.4 Å². The zero-order valence-electron chi connectivity index (χ0n) is 23.3. The molecule has 1 heterocycles. The number of aromatic nitrogens is 2. The van der Waals surface area contributed by atoms with E-state index in [1.54, 1.807) is 0 Å². The predicted octanol–water partition coefficient (Wildman–Crippen LogP) is 10.6. The van der Waals surface area contributed by atoms with E-state index in [0.29, 0.717) is 12.0 Å². The molecule has 0 aliphatic heterocycles. The molecule has 0 fully saturated rings. The summed E-state index contributed by atoms with van der Waals surface area (Å²) in [6, 6.07) is 0.603. The first-order valence-electron chi connectivity index (χ1n) is 15.3. The summed E-state index contributed by atoms with van der Waals surface area (Å²) in [7, 11) is 0. The van der Waals surface area contributed by atoms with Gasteiger partial charge in [0.15, 0.2) is 0 Å². The molecule has 2 heteroatoms. The second-order valence-corrected chi connectivity index (χ2v) is 10.8. The highest BCUT2D eigenvalue weighted by atomic mass is 15.1. The molecular formula is C31H61N2+. The number of aromatic amines is 1. The van der Waals surface area contributed by atoms with Crippen LogP contribution < -0.4 is 4.57 Å². The predicted molar refractivity (Wildman–Crippen MR) is 147 cm³/mol. The van der Waals surface area contributed by atoms with E-state index >= 15 is 0 Å². The van der Waals surface area contributed by atoms with Crippen molar-refractivity contribution < 1.29 is 4.57 Å². The van der Waals surface area contributed by atoms with Crippen LogP contribution in [0.25, 0.3) is 0 Å². The first-order valence-corrected chi connectivity index (χ1v) is 15.3. The van der Waals surface area contributed by atoms with E-state index in [2.05, 4.69) is 49.6 Å². The molecule has 1 aromatic heterocycles. The summed E-state index contributed by atoms with van der Waals surface area (Å²) in [5.41, 5.74) is 0. The number of nitrogens with one attached hydrogen (secondary N) is 1. The van der Waals surface area contributed by atoms with Gasteiger partial charge < -0.3 is 0 Å². The number of hydrogen-bond donors (Lipinski definition) is 1. The van der Waals surface area contributed by atoms with Gasteiger partial charge in [0.1, 0.15) is 12.4 Å². The Morgan fingerprint density at radius 3 is 1.45 bits per heavy atom. The van der Waals surface area contributed by atoms with E-state index in [1.807, 2.05) is 0 Å². The van der Waals surface area contributed by atoms with Crippen LogP contribution in [0.4, 0.5) is 0 Å². The van der Waals surface area contributed by atoms with Crippen molar-refractivity contribution >= 4 is 0 Å². The largest absolute Gasteiger partial charge is 0.257 e. The Bertz CT molecular complexity index is 521. The number of H-pyrrole nitrogens is 1. The van der Waals surface area contributed by atoms with Crippen LogP contribution in [0.3, 0.4) is 0 Å². The first-order chi connectivity index (χ1) is 16.2. The molecule has 2 nitrogen and oxygen atoms in total. The van der Waals surface area contributed by atoms with Crippen molar-refractivity contribution in [3.8, 4) is 0 Å². The van der Waals surface area contributed by atoms with Gasteiger partial charge in [0.05, 0.1) is 12.0 Å². The molecule has 0 saturated carbocycles. The van der Waals surface area contributed by atoms with Gasteiger partial charge in [0, 0.05) is 0 Å². The summed E-state index contributed by atoms with van der Waals surface area (Å²) in [4.78, 5) is 3.62. The molecule has 1 aromatic rings. The molecule has 0 radical (unpaired) electrons. The topological polar surface area (TPSA) is 19.7 Å². The third-order valence-corrected chi connectivity index (χ3v) is 7.76. The minimum atomic E-state index is 0.603. The van der Waals surface area contributed by atoms with Crippen molar-refractivity contribution in [3.63, 3.8) is 0 Å². The fourth-order valence-electron chi connectivity index (χ4n) is 5.26. The van der Waals surface area contributed by atoms with Gasteiger partial charge >= 0.3 is 0 Å². The molecule has 0 bridgehead atoms. The average molecular weight is 462 g/mol. The molecule has 0 saturated heterocycles. The number of unbranched alkanes of at least 4 members (excludes halogenated alkanes) is 17. The van der Waals surface area contributed by atoms with E-state index in [1.165, 1.54) is 147 Å². The van der Waals surface area contributed by atoms with Gasteiger partial charge in [-0.05, 0) is 26.2 Å². The Balaban J connectivity index is 2.09. The smallest absolute Gasteiger partial charge is 0.247 e. The minimum absolute atomic E-state index is 0.603. The molecule has 0 aromatic carbocycles. The minimum Gasteiger partial charge on any atom is -0.247 e. The number of hydrogen-bond acceptors (Lipinski definition) is 0. The van der Waals surface area contributed by atoms with Gasteiger partial charge in [-0.1, -0.05) is 143 Å². The zero-order valence-corrected chi connectivity index (χ0v) is 23.3. The van der Waals surface area contributed by atoms with Crippen LogP contribution in [0.2, 0.25) is 0 Å². The van der Waals surface area contributed by atoms with Gasteiger partial charge in [-0.15, -0.1) is 0 Å². The quantitative estimate of drug-likeness (QED) is 0.117. The maximum absolute atomic E-state index is 3.62. The molecule has 2 atom stereocenters. The molecule has 0 amide bonds. The Hall–Kier alpha value is -0.790. The normalized spacial score (nSPS) is 13.5. The summed E-state index contributed by atoms with van der Waals surface area (Å²) in [5.74, 6) is 2.20. The van der Waals surface area contributed by atoms with Crippen LogP contribution >= 0.6 is 0 Å². The van der Waals surface area contributed by atoms with Crippen molar-refractivity contribution in [3.05, 3.63) is 18.2 Å². The lowest BCUT2D eigenvalue weighted by Gasteiger charge is -2.16. The maximum Gasteiger partial charge on any atom is 0.257 e. The second kappa shape index (κ2) is 21.7. The van der Waals surface area contributed by atoms with E-state index in [0.717, 1.165) is 0 Å². The fraction of sp³-hybridized carbons (Fsp3) is 0.903. The molecule has 2 unspecified atom stereocenters. The SMILES string of the molecule is CCCCCCCCCCCCCCCCCCC(CCCCC)c1[nH]cc[n+]1C(C)CC. The molecule has 33 heavy (non-hydrogen) atoms. The lowest BCUT2D eigenvalue weighted by molar-refractivity contribution is -0.726. The fourth-order valence-corrected chi connectivity index (χ4v) is 5.26. The van der Waals surface area contributed by atoms with Crippen LogP contribution in [0.1, 0.15) is 187 Å². The average Bonchev–Trinajstić information content (AvgIpc) is 3.32. The maximum atomic E-state index is 3.62. The summed E-state index contributed by atoms with van der Waals surface area (Å²) < 4.78 is 2.52. The highest BCUT2D eigenvalue weighted by molar-refractivity contribution is 4.90. The highest BCUT2D eigenvalue weighted by Gasteiger charge is 2.24. The third-order valence-electron chi connectivity index (χ3n) is 7.76. The second-order valence-electron chi connectivity index (χ2n) is 10.8. The Kier molecular flexibility index (Phi) is 19.9. The van der Waals surface area contributed by atoms with E-state index in [4.69, 9.17) is 0 Å². The van der Waals surface area contributed by atoms with Crippen LogP contribution in [-0.4, -0.2) is 4.98 Å². The molecule has 1 rings (SSSR count). The van der Waals surface area contributed by atoms with Gasteiger partial charge in [-0.25, -0.2) is 9.55 Å². The van der Waals surface area contributed by atoms with Gasteiger partial charge in [-0.3, -0.25) is 0 Å². The van der Waals surface area contributed by atoms with Crippen molar-refractivity contribution in [1.29, 1.82) is 0 Å². The monoisotopic (exact) mass is 461 g/mol. The molecular weight excluding hydrogens is 400 g/mol. The van der Waals surface area contributed by atoms with Crippen molar-refractivity contribution in [1.82, 2.24) is 4.98 Å². The molecule has 194 valence electrons. The van der Waals surface area contributed by atoms with Gasteiger partial charge in [0.25, 0.3) is 5.82 Å². The van der Waals surface area contributed by atoms with E-state index in [9.17, 15) is 0 Å². The van der Waals surface area contributed by atoms with Gasteiger partial charge in [0.2, 0.25) is 0 Å². The lowest BCUT2D eigenvalue weighted by atomic mass is 9.93. The first kappa shape index (κ1) is 30.2. The summed E-state index contributed by atoms with van der Waals surface area (Å²) in [5, 5.41) is 0. The summed E-state index contributed by atoms with van der Waals surface area (Å²) >= 11 is 0. The highest BCUT2D eigenvalue weighted by Crippen LogP contribution is 2.26. The van der Waals surface area contributed by atoms with Crippen LogP contribution in [0, 0.1) is 0 Å². The number of imidazole rings is 1. The standard InChI is InChI=1S/C31H60N2/c1-5-8-10-11-12-13-14-15-16-17-18-19-20-21-22-24-26-30(25-23-9-6-2)31-32-27-28-33(31)29(4)7-3/h27-30H,5-26H2,1-4H3/p+1. The molecule has 0 aliphatic rings. The molecule has 0 aliphatic carbocycles. The Labute approximate surface area is 208 Å². The van der Waals surface area contributed by atoms with Crippen molar-refractivity contribution in [2.75, 3.05) is 0 Å². The van der Waals surface area contributed by atoms with Gasteiger partial charge in [-0.2, -0.15) is 0 Å². The lowest BCUT2D eigenvalue weighted by Crippen LogP contribution is -2.40. The van der Waals surface area contributed by atoms with Crippen molar-refractivity contribution in [2.45, 2.75) is 181 Å². The Morgan fingerprint density at radius 2 is 1.00 bits per heavy atom. The Morgan fingerprint density at radius 1 is 0.606 bits per heavy atom. The number of nitrogens with zero attached hydrogens (tertiary/aromatic N) is 1. The van der Waals surface area contributed by atoms with Crippen molar-refractivity contribution in [2.24, 2.45) is 0 Å². The molecule has 1 N–H and O–H groups in total. The van der Waals surface area contributed by atoms with Crippen LogP contribution in [-0.2, 0) is 0 Å². The number of rotatable bonds is 24.